The van der Waals surface area contributed by atoms with Gasteiger partial charge in [0, 0.05) is 28.9 Å². The Labute approximate surface area is 191 Å². The van der Waals surface area contributed by atoms with Crippen LogP contribution in [0.15, 0.2) is 54.6 Å². The number of aromatic nitrogens is 1. The largest absolute Gasteiger partial charge is 0.334 e. The lowest BCUT2D eigenvalue weighted by molar-refractivity contribution is -0.137. The van der Waals surface area contributed by atoms with Gasteiger partial charge in [0.25, 0.3) is 0 Å². The number of amides is 1. The van der Waals surface area contributed by atoms with E-state index >= 15 is 0 Å². The number of fused-ring (bicyclic) bond motifs is 1. The van der Waals surface area contributed by atoms with E-state index in [2.05, 4.69) is 75.9 Å². The predicted molar refractivity (Wildman–Crippen MR) is 131 cm³/mol. The quantitative estimate of drug-likeness (QED) is 0.435. The van der Waals surface area contributed by atoms with Crippen molar-refractivity contribution in [1.82, 2.24) is 9.47 Å². The molecule has 1 unspecified atom stereocenters. The van der Waals surface area contributed by atoms with Crippen molar-refractivity contribution in [2.45, 2.75) is 64.5 Å². The molecule has 1 aliphatic heterocycles. The third kappa shape index (κ3) is 3.73. The molecule has 2 aliphatic rings. The maximum Gasteiger partial charge on any atom is 0.226 e. The van der Waals surface area contributed by atoms with E-state index in [1.54, 1.807) is 0 Å². The number of hydrogen-bond donors (Lipinski definition) is 0. The maximum absolute atomic E-state index is 13.7. The van der Waals surface area contributed by atoms with Gasteiger partial charge < -0.3 is 9.47 Å². The van der Waals surface area contributed by atoms with Gasteiger partial charge in [0.05, 0.1) is 18.3 Å². The molecular weight excluding hydrogens is 392 g/mol. The Kier molecular flexibility index (Phi) is 6.04. The van der Waals surface area contributed by atoms with Gasteiger partial charge in [-0.1, -0.05) is 73.7 Å². The third-order valence-corrected chi connectivity index (χ3v) is 7.29. The highest BCUT2D eigenvalue weighted by atomic mass is 16.2. The molecule has 1 aliphatic carbocycles. The van der Waals surface area contributed by atoms with Crippen LogP contribution in [0.1, 0.15) is 63.6 Å². The summed E-state index contributed by atoms with van der Waals surface area (Å²) in [5, 5.41) is 1.25. The molecule has 0 radical (unpaired) electrons. The molecule has 2 aromatic carbocycles. The number of nitrogens with zero attached hydrogens (tertiary/aromatic N) is 2. The summed E-state index contributed by atoms with van der Waals surface area (Å²) in [6.45, 7) is 3.42. The van der Waals surface area contributed by atoms with Crippen LogP contribution >= 0.6 is 0 Å². The van der Waals surface area contributed by atoms with E-state index in [4.69, 9.17) is 0 Å². The summed E-state index contributed by atoms with van der Waals surface area (Å²) in [5.74, 6) is 6.97. The fourth-order valence-corrected chi connectivity index (χ4v) is 5.81. The summed E-state index contributed by atoms with van der Waals surface area (Å²) in [6, 6.07) is 19.4. The first kappa shape index (κ1) is 20.9. The van der Waals surface area contributed by atoms with Gasteiger partial charge in [0.1, 0.15) is 0 Å². The molecule has 5 rings (SSSR count). The number of hydrogen-bond acceptors (Lipinski definition) is 1. The lowest BCUT2D eigenvalue weighted by Crippen LogP contribution is -2.37. The molecule has 3 aromatic rings. The summed E-state index contributed by atoms with van der Waals surface area (Å²) >= 11 is 0. The van der Waals surface area contributed by atoms with Gasteiger partial charge in [-0.05, 0) is 44.2 Å². The summed E-state index contributed by atoms with van der Waals surface area (Å²) in [4.78, 5) is 15.9. The molecule has 0 bridgehead atoms. The maximum atomic E-state index is 13.7. The number of rotatable bonds is 4. The summed E-state index contributed by atoms with van der Waals surface area (Å²) in [7, 11) is 0. The minimum atomic E-state index is 0.116. The molecule has 1 saturated carbocycles. The minimum Gasteiger partial charge on any atom is -0.334 e. The van der Waals surface area contributed by atoms with Gasteiger partial charge in [0.15, 0.2) is 0 Å². The first-order chi connectivity index (χ1) is 15.8. The molecule has 1 amide bonds. The molecule has 0 N–H and O–H groups in total. The van der Waals surface area contributed by atoms with Crippen LogP contribution in [-0.4, -0.2) is 21.9 Å². The second-order valence-corrected chi connectivity index (χ2v) is 9.18. The molecule has 1 atom stereocenters. The van der Waals surface area contributed by atoms with Crippen LogP contribution in [0.5, 0.6) is 0 Å². The van der Waals surface area contributed by atoms with Crippen molar-refractivity contribution in [2.75, 3.05) is 6.54 Å². The molecule has 32 heavy (non-hydrogen) atoms. The average molecular weight is 425 g/mol. The Hall–Kier alpha value is -2.99. The van der Waals surface area contributed by atoms with E-state index in [9.17, 15) is 4.79 Å². The monoisotopic (exact) mass is 424 g/mol. The van der Waals surface area contributed by atoms with Crippen LogP contribution < -0.4 is 0 Å². The molecule has 1 saturated heterocycles. The number of carbonyl (C=O) groups excluding carboxylic acids is 1. The van der Waals surface area contributed by atoms with Crippen LogP contribution in [-0.2, 0) is 11.3 Å². The van der Waals surface area contributed by atoms with Crippen molar-refractivity contribution >= 4 is 16.8 Å². The Morgan fingerprint density at radius 3 is 2.47 bits per heavy atom. The SMILES string of the molecule is CC#CCn1c(C2CCCN2C(=O)C2CCCCC2)c(-c2ccccc2)c2ccccc21. The minimum absolute atomic E-state index is 0.116. The molecule has 3 heteroatoms. The van der Waals surface area contributed by atoms with Gasteiger partial charge in [-0.25, -0.2) is 0 Å². The van der Waals surface area contributed by atoms with Crippen molar-refractivity contribution in [1.29, 1.82) is 0 Å². The fourth-order valence-electron chi connectivity index (χ4n) is 5.81. The lowest BCUT2D eigenvalue weighted by atomic mass is 9.88. The summed E-state index contributed by atoms with van der Waals surface area (Å²) in [5.41, 5.74) is 4.97. The number of likely N-dealkylation sites (tertiary alicyclic amines) is 1. The van der Waals surface area contributed by atoms with Crippen LogP contribution in [0.25, 0.3) is 22.0 Å². The van der Waals surface area contributed by atoms with E-state index < -0.39 is 0 Å². The molecule has 2 fully saturated rings. The van der Waals surface area contributed by atoms with Crippen LogP contribution in [0.3, 0.4) is 0 Å². The molecule has 3 nitrogen and oxygen atoms in total. The van der Waals surface area contributed by atoms with Gasteiger partial charge in [0.2, 0.25) is 5.91 Å². The highest BCUT2D eigenvalue weighted by molar-refractivity contribution is 5.98. The summed E-state index contributed by atoms with van der Waals surface area (Å²) < 4.78 is 2.38. The first-order valence-electron chi connectivity index (χ1n) is 12.2. The zero-order valence-corrected chi connectivity index (χ0v) is 19.0. The van der Waals surface area contributed by atoms with Crippen molar-refractivity contribution in [2.24, 2.45) is 5.92 Å². The topological polar surface area (TPSA) is 25.2 Å². The Balaban J connectivity index is 1.67. The standard InChI is InChI=1S/C29H32N2O/c1-2-3-20-30-25-18-11-10-17-24(25)27(22-13-6-4-7-14-22)28(30)26-19-12-21-31(26)29(32)23-15-8-5-9-16-23/h4,6-7,10-11,13-14,17-18,23,26H,5,8-9,12,15-16,19-21H2,1H3. The number of carbonyl (C=O) groups is 1. The van der Waals surface area contributed by atoms with Crippen LogP contribution in [0, 0.1) is 17.8 Å². The molecule has 0 spiro atoms. The normalized spacial score (nSPS) is 19.2. The van der Waals surface area contributed by atoms with E-state index in [1.165, 1.54) is 47.0 Å². The fraction of sp³-hybridized carbons (Fsp3) is 0.414. The third-order valence-electron chi connectivity index (χ3n) is 7.29. The van der Waals surface area contributed by atoms with E-state index in [1.807, 2.05) is 6.92 Å². The highest BCUT2D eigenvalue weighted by Crippen LogP contribution is 2.44. The van der Waals surface area contributed by atoms with Crippen molar-refractivity contribution in [3.63, 3.8) is 0 Å². The predicted octanol–water partition coefficient (Wildman–Crippen LogP) is 6.58. The van der Waals surface area contributed by atoms with Crippen LogP contribution in [0.4, 0.5) is 0 Å². The smallest absolute Gasteiger partial charge is 0.226 e. The molecule has 1 aromatic heterocycles. The van der Waals surface area contributed by atoms with E-state index in [-0.39, 0.29) is 12.0 Å². The van der Waals surface area contributed by atoms with E-state index in [0.717, 1.165) is 32.2 Å². The zero-order valence-electron chi connectivity index (χ0n) is 19.0. The first-order valence-corrected chi connectivity index (χ1v) is 12.2. The number of benzene rings is 2. The molecule has 2 heterocycles. The van der Waals surface area contributed by atoms with Gasteiger partial charge >= 0.3 is 0 Å². The molecular formula is C29H32N2O. The Bertz CT molecular complexity index is 1160. The zero-order chi connectivity index (χ0) is 21.9. The second kappa shape index (κ2) is 9.25. The molecule has 164 valence electrons. The lowest BCUT2D eigenvalue weighted by Gasteiger charge is -2.32. The van der Waals surface area contributed by atoms with Crippen molar-refractivity contribution in [3.05, 3.63) is 60.3 Å². The van der Waals surface area contributed by atoms with Gasteiger partial charge in [-0.2, -0.15) is 0 Å². The van der Waals surface area contributed by atoms with Crippen LogP contribution in [0.2, 0.25) is 0 Å². The summed E-state index contributed by atoms with van der Waals surface area (Å²) in [6.07, 6.45) is 7.85. The van der Waals surface area contributed by atoms with Gasteiger partial charge in [-0.15, -0.1) is 5.92 Å². The Morgan fingerprint density at radius 2 is 1.69 bits per heavy atom. The van der Waals surface area contributed by atoms with Crippen molar-refractivity contribution in [3.8, 4) is 23.0 Å². The van der Waals surface area contributed by atoms with Gasteiger partial charge in [-0.3, -0.25) is 4.79 Å². The Morgan fingerprint density at radius 1 is 0.938 bits per heavy atom. The average Bonchev–Trinajstić information content (AvgIpc) is 3.46. The highest BCUT2D eigenvalue weighted by Gasteiger charge is 2.37. The van der Waals surface area contributed by atoms with E-state index in [0.29, 0.717) is 12.5 Å². The second-order valence-electron chi connectivity index (χ2n) is 9.18. The van der Waals surface area contributed by atoms with Crippen molar-refractivity contribution < 1.29 is 4.79 Å². The number of para-hydroxylation sites is 1.